The van der Waals surface area contributed by atoms with E-state index in [2.05, 4.69) is 0 Å². The number of aliphatic hydroxyl groups excluding tert-OH is 2. The van der Waals surface area contributed by atoms with Crippen molar-refractivity contribution in [2.75, 3.05) is 6.61 Å². The number of aliphatic hydroxyl groups is 2. The minimum absolute atomic E-state index is 0.0972. The molecule has 0 aromatic rings. The molecule has 0 aliphatic heterocycles. The van der Waals surface area contributed by atoms with Crippen LogP contribution in [0.1, 0.15) is 19.8 Å². The van der Waals surface area contributed by atoms with Crippen LogP contribution in [0.15, 0.2) is 0 Å². The Bertz CT molecular complexity index is 84.5. The lowest BCUT2D eigenvalue weighted by Gasteiger charge is -2.13. The molecule has 0 amide bonds. The van der Waals surface area contributed by atoms with Crippen LogP contribution in [0.25, 0.3) is 0 Å². The van der Waals surface area contributed by atoms with Crippen LogP contribution in [-0.4, -0.2) is 22.9 Å². The topological polar surface area (TPSA) is 40.5 Å². The molecule has 0 saturated heterocycles. The van der Waals surface area contributed by atoms with Crippen LogP contribution in [0.5, 0.6) is 0 Å². The first-order chi connectivity index (χ1) is 3.71. The summed E-state index contributed by atoms with van der Waals surface area (Å²) in [6.45, 7) is 1.88. The van der Waals surface area contributed by atoms with Crippen molar-refractivity contribution in [2.24, 2.45) is 5.41 Å². The largest absolute Gasteiger partial charge is 0.396 e. The second-order valence-electron chi connectivity index (χ2n) is 2.70. The zero-order chi connectivity index (χ0) is 6.20. The molecule has 1 aliphatic rings. The lowest BCUT2D eigenvalue weighted by Crippen LogP contribution is -2.21. The molecule has 48 valence electrons. The maximum Gasteiger partial charge on any atom is 0.0590 e. The second-order valence-corrected chi connectivity index (χ2v) is 2.70. The van der Waals surface area contributed by atoms with E-state index in [1.165, 1.54) is 0 Å². The van der Waals surface area contributed by atoms with Gasteiger partial charge in [-0.15, -0.1) is 0 Å². The minimum atomic E-state index is -0.326. The van der Waals surface area contributed by atoms with Crippen LogP contribution in [-0.2, 0) is 0 Å². The molecule has 0 spiro atoms. The highest BCUT2D eigenvalue weighted by Crippen LogP contribution is 2.47. The van der Waals surface area contributed by atoms with Gasteiger partial charge >= 0.3 is 0 Å². The fraction of sp³-hybridized carbons (Fsp3) is 1.00. The maximum atomic E-state index is 8.98. The van der Waals surface area contributed by atoms with Gasteiger partial charge in [-0.25, -0.2) is 0 Å². The molecule has 0 aromatic heterocycles. The summed E-state index contributed by atoms with van der Waals surface area (Å²) >= 11 is 0. The second kappa shape index (κ2) is 1.71. The highest BCUT2D eigenvalue weighted by molar-refractivity contribution is 4.96. The third-order valence-corrected chi connectivity index (χ3v) is 2.09. The van der Waals surface area contributed by atoms with Crippen LogP contribution >= 0.6 is 0 Å². The third kappa shape index (κ3) is 0.740. The van der Waals surface area contributed by atoms with Crippen molar-refractivity contribution in [3.63, 3.8) is 0 Å². The average Bonchev–Trinajstić information content (AvgIpc) is 2.44. The van der Waals surface area contributed by atoms with E-state index in [9.17, 15) is 0 Å². The molecular weight excluding hydrogens is 104 g/mol. The van der Waals surface area contributed by atoms with Gasteiger partial charge in [0.15, 0.2) is 0 Å². The molecule has 0 radical (unpaired) electrons. The average molecular weight is 116 g/mol. The van der Waals surface area contributed by atoms with E-state index in [0.717, 1.165) is 12.8 Å². The van der Waals surface area contributed by atoms with E-state index in [-0.39, 0.29) is 18.1 Å². The summed E-state index contributed by atoms with van der Waals surface area (Å²) in [6, 6.07) is 0. The van der Waals surface area contributed by atoms with Gasteiger partial charge in [0, 0.05) is 5.41 Å². The molecule has 0 heterocycles. The molecule has 0 bridgehead atoms. The first-order valence-electron chi connectivity index (χ1n) is 3.00. The lowest BCUT2D eigenvalue weighted by atomic mass is 10.0. The van der Waals surface area contributed by atoms with E-state index in [1.807, 2.05) is 0 Å². The van der Waals surface area contributed by atoms with E-state index < -0.39 is 0 Å². The van der Waals surface area contributed by atoms with E-state index >= 15 is 0 Å². The Hall–Kier alpha value is -0.0800. The molecule has 1 atom stereocenters. The van der Waals surface area contributed by atoms with Crippen LogP contribution in [0.4, 0.5) is 0 Å². The number of rotatable bonds is 2. The highest BCUT2D eigenvalue weighted by atomic mass is 16.3. The summed E-state index contributed by atoms with van der Waals surface area (Å²) in [4.78, 5) is 0. The molecule has 1 saturated carbocycles. The lowest BCUT2D eigenvalue weighted by molar-refractivity contribution is 0.0644. The van der Waals surface area contributed by atoms with E-state index in [0.29, 0.717) is 0 Å². The Morgan fingerprint density at radius 2 is 2.12 bits per heavy atom. The molecule has 2 heteroatoms. The Labute approximate surface area is 49.1 Å². The fourth-order valence-electron chi connectivity index (χ4n) is 0.869. The molecule has 0 unspecified atom stereocenters. The van der Waals surface area contributed by atoms with E-state index in [1.54, 1.807) is 6.92 Å². The van der Waals surface area contributed by atoms with Gasteiger partial charge in [-0.05, 0) is 19.8 Å². The summed E-state index contributed by atoms with van der Waals surface area (Å²) in [5, 5.41) is 17.6. The summed E-state index contributed by atoms with van der Waals surface area (Å²) in [7, 11) is 0. The van der Waals surface area contributed by atoms with Crippen LogP contribution < -0.4 is 0 Å². The zero-order valence-corrected chi connectivity index (χ0v) is 5.09. The van der Waals surface area contributed by atoms with Crippen LogP contribution in [0, 0.1) is 5.41 Å². The maximum absolute atomic E-state index is 8.98. The molecule has 0 aromatic carbocycles. The first-order valence-corrected chi connectivity index (χ1v) is 3.00. The smallest absolute Gasteiger partial charge is 0.0590 e. The predicted molar refractivity (Wildman–Crippen MR) is 30.4 cm³/mol. The normalized spacial score (nSPS) is 27.4. The Morgan fingerprint density at radius 1 is 1.62 bits per heavy atom. The monoisotopic (exact) mass is 116 g/mol. The van der Waals surface area contributed by atoms with Gasteiger partial charge in [-0.1, -0.05) is 0 Å². The summed E-state index contributed by atoms with van der Waals surface area (Å²) in [5.74, 6) is 0. The highest BCUT2D eigenvalue weighted by Gasteiger charge is 2.46. The van der Waals surface area contributed by atoms with Gasteiger partial charge < -0.3 is 10.2 Å². The first kappa shape index (κ1) is 6.05. The van der Waals surface area contributed by atoms with Crippen molar-refractivity contribution >= 4 is 0 Å². The summed E-state index contributed by atoms with van der Waals surface area (Å²) < 4.78 is 0. The number of hydrogen-bond acceptors (Lipinski definition) is 2. The molecule has 2 nitrogen and oxygen atoms in total. The van der Waals surface area contributed by atoms with Crippen LogP contribution in [0.3, 0.4) is 0 Å². The molecule has 8 heavy (non-hydrogen) atoms. The summed E-state index contributed by atoms with van der Waals surface area (Å²) in [6.07, 6.45) is 1.65. The van der Waals surface area contributed by atoms with E-state index in [4.69, 9.17) is 10.2 Å². The third-order valence-electron chi connectivity index (χ3n) is 2.09. The SMILES string of the molecule is C[C@@H](O)C1(CO)CC1. The van der Waals surface area contributed by atoms with Crippen molar-refractivity contribution in [2.45, 2.75) is 25.9 Å². The van der Waals surface area contributed by atoms with Gasteiger partial charge in [0.05, 0.1) is 12.7 Å². The Kier molecular flexibility index (Phi) is 1.29. The predicted octanol–water partition coefficient (Wildman–Crippen LogP) is 0.140. The van der Waals surface area contributed by atoms with Crippen molar-refractivity contribution in [3.05, 3.63) is 0 Å². The van der Waals surface area contributed by atoms with Gasteiger partial charge in [0.25, 0.3) is 0 Å². The summed E-state index contributed by atoms with van der Waals surface area (Å²) in [5.41, 5.74) is -0.0972. The molecule has 2 N–H and O–H groups in total. The van der Waals surface area contributed by atoms with Crippen molar-refractivity contribution in [1.29, 1.82) is 0 Å². The Morgan fingerprint density at radius 3 is 2.12 bits per heavy atom. The van der Waals surface area contributed by atoms with Crippen molar-refractivity contribution < 1.29 is 10.2 Å². The van der Waals surface area contributed by atoms with Gasteiger partial charge in [-0.3, -0.25) is 0 Å². The minimum Gasteiger partial charge on any atom is -0.396 e. The Balaban J connectivity index is 2.41. The molecule has 1 aliphatic carbocycles. The van der Waals surface area contributed by atoms with Gasteiger partial charge in [0.2, 0.25) is 0 Å². The number of hydrogen-bond donors (Lipinski definition) is 2. The van der Waals surface area contributed by atoms with Crippen molar-refractivity contribution in [1.82, 2.24) is 0 Å². The molecular formula is C6H12O2. The molecule has 1 fully saturated rings. The van der Waals surface area contributed by atoms with Gasteiger partial charge in [-0.2, -0.15) is 0 Å². The quantitative estimate of drug-likeness (QED) is 0.538. The zero-order valence-electron chi connectivity index (χ0n) is 5.09. The van der Waals surface area contributed by atoms with Crippen molar-refractivity contribution in [3.8, 4) is 0 Å². The molecule has 1 rings (SSSR count). The van der Waals surface area contributed by atoms with Gasteiger partial charge in [0.1, 0.15) is 0 Å². The standard InChI is InChI=1S/C6H12O2/c1-5(8)6(4-7)2-3-6/h5,7-8H,2-4H2,1H3/t5-/m1/s1. The van der Waals surface area contributed by atoms with Crippen LogP contribution in [0.2, 0.25) is 0 Å². The fourth-order valence-corrected chi connectivity index (χ4v) is 0.869.